The van der Waals surface area contributed by atoms with E-state index in [9.17, 15) is 4.79 Å². The number of rotatable bonds is 7. The van der Waals surface area contributed by atoms with Gasteiger partial charge in [-0.1, -0.05) is 26.7 Å². The molecule has 0 aromatic rings. The molecule has 0 aromatic heterocycles. The molecule has 1 saturated heterocycles. The monoisotopic (exact) mass is 255 g/mol. The highest BCUT2D eigenvalue weighted by atomic mass is 16.2. The van der Waals surface area contributed by atoms with Gasteiger partial charge in [-0.05, 0) is 50.1 Å². The molecule has 0 saturated carbocycles. The van der Waals surface area contributed by atoms with Gasteiger partial charge in [0.05, 0.1) is 0 Å². The number of piperidine rings is 1. The third-order valence-corrected chi connectivity index (χ3v) is 4.24. The number of hydrogen-bond donors (Lipinski definition) is 3. The first-order valence-corrected chi connectivity index (χ1v) is 7.33. The van der Waals surface area contributed by atoms with Crippen molar-refractivity contribution in [3.63, 3.8) is 0 Å². The molecule has 0 aliphatic carbocycles. The standard InChI is InChI=1S/C14H29N3O/c1-11(5-10-17-14(15)18)3-4-12(2)13-6-8-16-9-7-13/h11-13,16H,3-10H2,1-2H3,(H3,15,17,18). The summed E-state index contributed by atoms with van der Waals surface area (Å²) in [6.07, 6.45) is 6.26. The lowest BCUT2D eigenvalue weighted by atomic mass is 9.82. The highest BCUT2D eigenvalue weighted by molar-refractivity contribution is 5.71. The zero-order valence-electron chi connectivity index (χ0n) is 11.9. The lowest BCUT2D eigenvalue weighted by molar-refractivity contribution is 0.243. The van der Waals surface area contributed by atoms with E-state index in [0.29, 0.717) is 12.5 Å². The van der Waals surface area contributed by atoms with E-state index < -0.39 is 6.03 Å². The number of nitrogens with one attached hydrogen (secondary N) is 2. The Kier molecular flexibility index (Phi) is 7.09. The quantitative estimate of drug-likeness (QED) is 0.652. The van der Waals surface area contributed by atoms with Crippen LogP contribution in [0.1, 0.15) is 46.0 Å². The highest BCUT2D eigenvalue weighted by Crippen LogP contribution is 2.27. The van der Waals surface area contributed by atoms with E-state index in [1.54, 1.807) is 0 Å². The number of urea groups is 1. The molecule has 2 amide bonds. The Labute approximate surface area is 111 Å². The Bertz CT molecular complexity index is 239. The minimum Gasteiger partial charge on any atom is -0.352 e. The molecule has 0 aromatic carbocycles. The van der Waals surface area contributed by atoms with Gasteiger partial charge in [0.1, 0.15) is 0 Å². The van der Waals surface area contributed by atoms with Crippen LogP contribution in [0.15, 0.2) is 0 Å². The number of carbonyl (C=O) groups is 1. The summed E-state index contributed by atoms with van der Waals surface area (Å²) in [5.41, 5.74) is 5.04. The van der Waals surface area contributed by atoms with Crippen molar-refractivity contribution in [2.24, 2.45) is 23.5 Å². The van der Waals surface area contributed by atoms with E-state index in [-0.39, 0.29) is 0 Å². The third-order valence-electron chi connectivity index (χ3n) is 4.24. The van der Waals surface area contributed by atoms with Gasteiger partial charge in [0.2, 0.25) is 0 Å². The minimum absolute atomic E-state index is 0.412. The molecule has 2 unspecified atom stereocenters. The van der Waals surface area contributed by atoms with Crippen LogP contribution in [-0.4, -0.2) is 25.7 Å². The third kappa shape index (κ3) is 6.24. The first-order chi connectivity index (χ1) is 8.59. The van der Waals surface area contributed by atoms with Crippen LogP contribution in [-0.2, 0) is 0 Å². The normalized spacial score (nSPS) is 20.3. The molecule has 1 rings (SSSR count). The zero-order chi connectivity index (χ0) is 13.4. The molecule has 1 aliphatic rings. The van der Waals surface area contributed by atoms with Crippen molar-refractivity contribution in [3.05, 3.63) is 0 Å². The maximum Gasteiger partial charge on any atom is 0.312 e. The van der Waals surface area contributed by atoms with Gasteiger partial charge in [-0.15, -0.1) is 0 Å². The number of carbonyl (C=O) groups excluding carboxylic acids is 1. The minimum atomic E-state index is -0.412. The van der Waals surface area contributed by atoms with Crippen LogP contribution in [0.2, 0.25) is 0 Å². The second-order valence-corrected chi connectivity index (χ2v) is 5.83. The molecule has 0 spiro atoms. The van der Waals surface area contributed by atoms with Crippen LogP contribution in [0.25, 0.3) is 0 Å². The van der Waals surface area contributed by atoms with Gasteiger partial charge < -0.3 is 16.4 Å². The zero-order valence-corrected chi connectivity index (χ0v) is 11.9. The van der Waals surface area contributed by atoms with Crippen LogP contribution >= 0.6 is 0 Å². The topological polar surface area (TPSA) is 67.1 Å². The fourth-order valence-corrected chi connectivity index (χ4v) is 2.78. The second kappa shape index (κ2) is 8.35. The Morgan fingerprint density at radius 3 is 2.56 bits per heavy atom. The number of nitrogens with two attached hydrogens (primary N) is 1. The van der Waals surface area contributed by atoms with Crippen LogP contribution in [0.5, 0.6) is 0 Å². The lowest BCUT2D eigenvalue weighted by Gasteiger charge is -2.29. The van der Waals surface area contributed by atoms with E-state index in [1.165, 1.54) is 38.8 Å². The largest absolute Gasteiger partial charge is 0.352 e. The molecule has 0 bridgehead atoms. The summed E-state index contributed by atoms with van der Waals surface area (Å²) >= 11 is 0. The van der Waals surface area contributed by atoms with Crippen molar-refractivity contribution < 1.29 is 4.79 Å². The maximum atomic E-state index is 10.6. The van der Waals surface area contributed by atoms with Crippen molar-refractivity contribution in [2.45, 2.75) is 46.0 Å². The van der Waals surface area contributed by atoms with Gasteiger partial charge in [0, 0.05) is 6.54 Å². The molecular weight excluding hydrogens is 226 g/mol. The fourth-order valence-electron chi connectivity index (χ4n) is 2.78. The molecule has 18 heavy (non-hydrogen) atoms. The first-order valence-electron chi connectivity index (χ1n) is 7.33. The molecule has 1 heterocycles. The van der Waals surface area contributed by atoms with Gasteiger partial charge in [0.15, 0.2) is 0 Å². The van der Waals surface area contributed by atoms with E-state index in [0.717, 1.165) is 18.3 Å². The van der Waals surface area contributed by atoms with E-state index in [2.05, 4.69) is 24.5 Å². The molecule has 4 heteroatoms. The van der Waals surface area contributed by atoms with Gasteiger partial charge >= 0.3 is 6.03 Å². The van der Waals surface area contributed by atoms with Crippen molar-refractivity contribution in [1.29, 1.82) is 0 Å². The fraction of sp³-hybridized carbons (Fsp3) is 0.929. The second-order valence-electron chi connectivity index (χ2n) is 5.83. The number of amides is 2. The van der Waals surface area contributed by atoms with Gasteiger partial charge in [-0.25, -0.2) is 4.79 Å². The maximum absolute atomic E-state index is 10.6. The molecule has 2 atom stereocenters. The predicted molar refractivity (Wildman–Crippen MR) is 75.4 cm³/mol. The summed E-state index contributed by atoms with van der Waals surface area (Å²) < 4.78 is 0. The van der Waals surface area contributed by atoms with Crippen LogP contribution in [0.3, 0.4) is 0 Å². The molecule has 1 aliphatic heterocycles. The average molecular weight is 255 g/mol. The molecule has 106 valence electrons. The SMILES string of the molecule is CC(CCNC(N)=O)CCC(C)C1CCNCC1. The van der Waals surface area contributed by atoms with E-state index in [4.69, 9.17) is 5.73 Å². The molecule has 1 fully saturated rings. The van der Waals surface area contributed by atoms with E-state index >= 15 is 0 Å². The smallest absolute Gasteiger partial charge is 0.312 e. The first kappa shape index (κ1) is 15.3. The van der Waals surface area contributed by atoms with Gasteiger partial charge in [-0.3, -0.25) is 0 Å². The van der Waals surface area contributed by atoms with Crippen molar-refractivity contribution in [3.8, 4) is 0 Å². The van der Waals surface area contributed by atoms with Crippen molar-refractivity contribution >= 4 is 6.03 Å². The van der Waals surface area contributed by atoms with E-state index in [1.807, 2.05) is 0 Å². The average Bonchev–Trinajstić information content (AvgIpc) is 2.36. The van der Waals surface area contributed by atoms with Crippen LogP contribution in [0.4, 0.5) is 4.79 Å². The highest BCUT2D eigenvalue weighted by Gasteiger charge is 2.19. The Balaban J connectivity index is 2.08. The lowest BCUT2D eigenvalue weighted by Crippen LogP contribution is -2.31. The van der Waals surface area contributed by atoms with Crippen LogP contribution in [0, 0.1) is 17.8 Å². The summed E-state index contributed by atoms with van der Waals surface area (Å²) in [5, 5.41) is 6.08. The molecule has 4 nitrogen and oxygen atoms in total. The number of primary amides is 1. The summed E-state index contributed by atoms with van der Waals surface area (Å²) in [7, 11) is 0. The summed E-state index contributed by atoms with van der Waals surface area (Å²) in [6, 6.07) is -0.412. The molecule has 0 radical (unpaired) electrons. The van der Waals surface area contributed by atoms with Crippen LogP contribution < -0.4 is 16.4 Å². The number of hydrogen-bond acceptors (Lipinski definition) is 2. The Morgan fingerprint density at radius 2 is 1.94 bits per heavy atom. The Hall–Kier alpha value is -0.770. The predicted octanol–water partition coefficient (Wildman–Crippen LogP) is 2.10. The van der Waals surface area contributed by atoms with Crippen molar-refractivity contribution in [1.82, 2.24) is 10.6 Å². The van der Waals surface area contributed by atoms with Crippen molar-refractivity contribution in [2.75, 3.05) is 19.6 Å². The summed E-state index contributed by atoms with van der Waals surface area (Å²) in [4.78, 5) is 10.6. The summed E-state index contributed by atoms with van der Waals surface area (Å²) in [6.45, 7) is 7.74. The Morgan fingerprint density at radius 1 is 1.28 bits per heavy atom. The van der Waals surface area contributed by atoms with Gasteiger partial charge in [-0.2, -0.15) is 0 Å². The molecule has 4 N–H and O–H groups in total. The summed E-state index contributed by atoms with van der Waals surface area (Å²) in [5.74, 6) is 2.40. The molecular formula is C14H29N3O. The van der Waals surface area contributed by atoms with Gasteiger partial charge in [0.25, 0.3) is 0 Å².